The van der Waals surface area contributed by atoms with Gasteiger partial charge in [0.25, 0.3) is 0 Å². The van der Waals surface area contributed by atoms with Crippen molar-refractivity contribution >= 4 is 12.6 Å². The number of ether oxygens (including phenoxy) is 3. The molecule has 2 heterocycles. The molecule has 0 amide bonds. The smallest absolute Gasteiger partial charge is 0.187 e. The summed E-state index contributed by atoms with van der Waals surface area (Å²) in [5.74, 6) is 0. The van der Waals surface area contributed by atoms with Crippen LogP contribution in [0.1, 0.15) is 0 Å². The Morgan fingerprint density at radius 3 is 1.91 bits per heavy atom. The van der Waals surface area contributed by atoms with Crippen molar-refractivity contribution in [2.24, 2.45) is 0 Å². The first-order chi connectivity index (χ1) is 10.8. The average Bonchev–Trinajstić information content (AvgIpc) is 2.55. The van der Waals surface area contributed by atoms with Gasteiger partial charge in [0.05, 0.1) is 13.2 Å². The number of rotatable bonds is 4. The first-order valence-electron chi connectivity index (χ1n) is 7.08. The Hall–Kier alpha value is -0.0500. The number of thiol groups is 1. The molecule has 0 saturated carbocycles. The van der Waals surface area contributed by atoms with Gasteiger partial charge in [0, 0.05) is 0 Å². The zero-order valence-electron chi connectivity index (χ0n) is 12.0. The third kappa shape index (κ3) is 3.80. The molecular formula is C12H22O10S. The molecule has 7 N–H and O–H groups in total. The van der Waals surface area contributed by atoms with Gasteiger partial charge in [-0.05, 0) is 0 Å². The maximum atomic E-state index is 10.1. The number of aliphatic hydroxyl groups excluding tert-OH is 7. The van der Waals surface area contributed by atoms with Crippen molar-refractivity contribution in [1.29, 1.82) is 0 Å². The van der Waals surface area contributed by atoms with Crippen LogP contribution in [0.4, 0.5) is 0 Å². The molecule has 8 unspecified atom stereocenters. The Kier molecular flexibility index (Phi) is 6.61. The second-order valence-electron chi connectivity index (χ2n) is 5.53. The van der Waals surface area contributed by atoms with E-state index in [1.165, 1.54) is 0 Å². The highest BCUT2D eigenvalue weighted by Gasteiger charge is 2.49. The summed E-state index contributed by atoms with van der Waals surface area (Å²) in [4.78, 5) is 0. The van der Waals surface area contributed by atoms with E-state index in [0.29, 0.717) is 0 Å². The largest absolute Gasteiger partial charge is 0.394 e. The molecule has 2 rings (SSSR count). The summed E-state index contributed by atoms with van der Waals surface area (Å²) in [5, 5.41) is 67.6. The molecule has 23 heavy (non-hydrogen) atoms. The minimum absolute atomic E-state index is 0.567. The molecule has 0 bridgehead atoms. The van der Waals surface area contributed by atoms with E-state index in [9.17, 15) is 30.6 Å². The predicted octanol–water partition coefficient (Wildman–Crippen LogP) is -4.46. The quantitative estimate of drug-likeness (QED) is 0.229. The van der Waals surface area contributed by atoms with Crippen molar-refractivity contribution in [1.82, 2.24) is 0 Å². The van der Waals surface area contributed by atoms with Crippen LogP contribution in [0, 0.1) is 0 Å². The van der Waals surface area contributed by atoms with Crippen LogP contribution < -0.4 is 0 Å². The lowest BCUT2D eigenvalue weighted by Crippen LogP contribution is -2.63. The molecule has 11 heteroatoms. The highest BCUT2D eigenvalue weighted by Crippen LogP contribution is 2.29. The molecule has 136 valence electrons. The maximum Gasteiger partial charge on any atom is 0.187 e. The molecule has 0 radical (unpaired) electrons. The molecule has 0 aromatic heterocycles. The van der Waals surface area contributed by atoms with Crippen molar-refractivity contribution in [3.8, 4) is 0 Å². The van der Waals surface area contributed by atoms with E-state index in [2.05, 4.69) is 12.6 Å². The van der Waals surface area contributed by atoms with Gasteiger partial charge in [0.1, 0.15) is 54.3 Å². The Morgan fingerprint density at radius 2 is 1.35 bits per heavy atom. The van der Waals surface area contributed by atoms with Crippen LogP contribution in [0.5, 0.6) is 0 Å². The zero-order chi connectivity index (χ0) is 17.3. The van der Waals surface area contributed by atoms with E-state index in [1.807, 2.05) is 0 Å². The summed E-state index contributed by atoms with van der Waals surface area (Å²) in [5.41, 5.74) is -1.04. The van der Waals surface area contributed by atoms with Crippen LogP contribution in [0.15, 0.2) is 0 Å². The summed E-state index contributed by atoms with van der Waals surface area (Å²) in [6, 6.07) is 0. The van der Waals surface area contributed by atoms with Gasteiger partial charge in [-0.25, -0.2) is 0 Å². The normalized spacial score (nSPS) is 51.7. The summed E-state index contributed by atoms with van der Waals surface area (Å²) in [7, 11) is 0. The van der Waals surface area contributed by atoms with Gasteiger partial charge >= 0.3 is 0 Å². The van der Waals surface area contributed by atoms with E-state index >= 15 is 0 Å². The highest BCUT2D eigenvalue weighted by atomic mass is 32.1. The molecule has 0 aliphatic carbocycles. The van der Waals surface area contributed by atoms with E-state index in [1.54, 1.807) is 0 Å². The van der Waals surface area contributed by atoms with Crippen molar-refractivity contribution in [3.63, 3.8) is 0 Å². The molecule has 0 spiro atoms. The van der Waals surface area contributed by atoms with Gasteiger partial charge in [-0.15, -0.1) is 12.6 Å². The van der Waals surface area contributed by atoms with Gasteiger partial charge in [-0.1, -0.05) is 0 Å². The number of hydrogen-bond acceptors (Lipinski definition) is 11. The van der Waals surface area contributed by atoms with Crippen molar-refractivity contribution in [3.05, 3.63) is 0 Å². The summed E-state index contributed by atoms with van der Waals surface area (Å²) >= 11 is 3.92. The van der Waals surface area contributed by atoms with Gasteiger partial charge in [0.2, 0.25) is 0 Å². The molecule has 2 aliphatic heterocycles. The fourth-order valence-corrected chi connectivity index (χ4v) is 2.90. The maximum absolute atomic E-state index is 10.1. The molecular weight excluding hydrogens is 336 g/mol. The molecule has 0 aromatic carbocycles. The summed E-state index contributed by atoms with van der Waals surface area (Å²) in [6.07, 6.45) is -12.9. The summed E-state index contributed by atoms with van der Waals surface area (Å²) in [6.45, 7) is -1.21. The van der Waals surface area contributed by atoms with Crippen LogP contribution in [-0.2, 0) is 14.2 Å². The fraction of sp³-hybridized carbons (Fsp3) is 1.00. The molecule has 2 saturated heterocycles. The number of hydrogen-bond donors (Lipinski definition) is 8. The predicted molar refractivity (Wildman–Crippen MR) is 75.4 cm³/mol. The molecule has 2 aliphatic rings. The fourth-order valence-electron chi connectivity index (χ4n) is 2.57. The van der Waals surface area contributed by atoms with Crippen LogP contribution in [-0.4, -0.2) is 110 Å². The SMILES string of the molecule is OCC1OC(O[C@@H]2C(CO)OC(S)C(O)C2O)C(O)C(O)[C@H]1O. The number of aliphatic hydroxyl groups is 7. The second kappa shape index (κ2) is 7.89. The highest BCUT2D eigenvalue weighted by molar-refractivity contribution is 7.80. The second-order valence-corrected chi connectivity index (χ2v) is 6.04. The third-order valence-electron chi connectivity index (χ3n) is 3.98. The van der Waals surface area contributed by atoms with Crippen molar-refractivity contribution < 1.29 is 50.0 Å². The summed E-state index contributed by atoms with van der Waals surface area (Å²) < 4.78 is 15.7. The lowest BCUT2D eigenvalue weighted by atomic mass is 9.97. The van der Waals surface area contributed by atoms with Crippen LogP contribution >= 0.6 is 12.6 Å². The van der Waals surface area contributed by atoms with Gasteiger partial charge in [-0.3, -0.25) is 0 Å². The Balaban J connectivity index is 2.11. The Morgan fingerprint density at radius 1 is 0.739 bits per heavy atom. The third-order valence-corrected chi connectivity index (χ3v) is 4.41. The standard InChI is InChI=1S/C12H22O10S/c13-1-3-5(15)6(16)8(18)11(20-3)22-10-4(2-14)21-12(23)9(19)7(10)17/h3-19,23H,1-2H2/t3?,4?,5-,6?,7?,8?,9?,10+,11?,12?/m0/s1. The van der Waals surface area contributed by atoms with Crippen molar-refractivity contribution in [2.45, 2.75) is 60.6 Å². The van der Waals surface area contributed by atoms with Gasteiger partial charge in [-0.2, -0.15) is 0 Å². The Bertz CT molecular complexity index is 383. The van der Waals surface area contributed by atoms with Gasteiger partial charge < -0.3 is 50.0 Å². The van der Waals surface area contributed by atoms with Crippen LogP contribution in [0.3, 0.4) is 0 Å². The topological polar surface area (TPSA) is 169 Å². The van der Waals surface area contributed by atoms with E-state index in [0.717, 1.165) is 0 Å². The monoisotopic (exact) mass is 358 g/mol. The van der Waals surface area contributed by atoms with E-state index < -0.39 is 73.8 Å². The molecule has 10 atom stereocenters. The van der Waals surface area contributed by atoms with E-state index in [-0.39, 0.29) is 0 Å². The van der Waals surface area contributed by atoms with Crippen LogP contribution in [0.2, 0.25) is 0 Å². The van der Waals surface area contributed by atoms with Gasteiger partial charge in [0.15, 0.2) is 6.29 Å². The lowest BCUT2D eigenvalue weighted by molar-refractivity contribution is -0.338. The first-order valence-corrected chi connectivity index (χ1v) is 7.60. The Labute approximate surface area is 137 Å². The zero-order valence-corrected chi connectivity index (χ0v) is 12.9. The molecule has 2 fully saturated rings. The van der Waals surface area contributed by atoms with Crippen LogP contribution in [0.25, 0.3) is 0 Å². The molecule has 0 aromatic rings. The van der Waals surface area contributed by atoms with Crippen molar-refractivity contribution in [2.75, 3.05) is 13.2 Å². The average molecular weight is 358 g/mol. The molecule has 10 nitrogen and oxygen atoms in total. The van der Waals surface area contributed by atoms with E-state index in [4.69, 9.17) is 19.3 Å². The first kappa shape index (κ1) is 19.3. The minimum Gasteiger partial charge on any atom is -0.394 e. The lowest BCUT2D eigenvalue weighted by Gasteiger charge is -2.45. The minimum atomic E-state index is -1.68.